The number of benzene rings is 1. The van der Waals surface area contributed by atoms with E-state index < -0.39 is 18.0 Å². The van der Waals surface area contributed by atoms with Crippen LogP contribution in [0.3, 0.4) is 0 Å². The molecule has 1 amide bonds. The van der Waals surface area contributed by atoms with Crippen molar-refractivity contribution in [1.82, 2.24) is 0 Å². The molecule has 1 aromatic carbocycles. The van der Waals surface area contributed by atoms with Gasteiger partial charge in [0.25, 0.3) is 5.91 Å². The molecule has 0 aromatic heterocycles. The number of carboxylic acids is 1. The van der Waals surface area contributed by atoms with Gasteiger partial charge in [0.15, 0.2) is 6.10 Å². The van der Waals surface area contributed by atoms with Gasteiger partial charge in [-0.15, -0.1) is 0 Å². The molecule has 0 saturated heterocycles. The number of fused-ring (bicyclic) bond motifs is 1. The van der Waals surface area contributed by atoms with E-state index >= 15 is 0 Å². The summed E-state index contributed by atoms with van der Waals surface area (Å²) in [6, 6.07) is 5.65. The molecule has 6 nitrogen and oxygen atoms in total. The zero-order chi connectivity index (χ0) is 17.1. The van der Waals surface area contributed by atoms with Crippen LogP contribution in [0.4, 0.5) is 11.4 Å². The molecule has 2 atom stereocenters. The van der Waals surface area contributed by atoms with Gasteiger partial charge in [-0.3, -0.25) is 9.59 Å². The van der Waals surface area contributed by atoms with Gasteiger partial charge in [0, 0.05) is 31.9 Å². The average molecular weight is 320 g/mol. The van der Waals surface area contributed by atoms with Crippen LogP contribution >= 0.6 is 0 Å². The predicted octanol–water partition coefficient (Wildman–Crippen LogP) is 2.37. The summed E-state index contributed by atoms with van der Waals surface area (Å²) in [7, 11) is 1.73. The molecule has 0 bridgehead atoms. The molecule has 1 heterocycles. The summed E-state index contributed by atoms with van der Waals surface area (Å²) >= 11 is 0. The van der Waals surface area contributed by atoms with E-state index in [4.69, 9.17) is 9.84 Å². The van der Waals surface area contributed by atoms with E-state index in [-0.39, 0.29) is 5.91 Å². The summed E-state index contributed by atoms with van der Waals surface area (Å²) in [5.74, 6) is -0.683. The van der Waals surface area contributed by atoms with Gasteiger partial charge in [0.1, 0.15) is 5.75 Å². The quantitative estimate of drug-likeness (QED) is 0.871. The molecule has 0 saturated carbocycles. The van der Waals surface area contributed by atoms with Crippen molar-refractivity contribution in [3.63, 3.8) is 0 Å². The van der Waals surface area contributed by atoms with Crippen molar-refractivity contribution in [2.24, 2.45) is 5.92 Å². The lowest BCUT2D eigenvalue weighted by Crippen LogP contribution is -2.42. The average Bonchev–Trinajstić information content (AvgIpc) is 2.51. The van der Waals surface area contributed by atoms with E-state index in [0.29, 0.717) is 12.3 Å². The number of likely N-dealkylation sites (N-methyl/N-ethyl adjacent to an activating group) is 1. The summed E-state index contributed by atoms with van der Waals surface area (Å²) in [5, 5.41) is 9.14. The maximum absolute atomic E-state index is 12.0. The first kappa shape index (κ1) is 17.1. The lowest BCUT2D eigenvalue weighted by Gasteiger charge is -2.32. The summed E-state index contributed by atoms with van der Waals surface area (Å²) in [6.45, 7) is 6.69. The zero-order valence-corrected chi connectivity index (χ0v) is 14.1. The zero-order valence-electron chi connectivity index (χ0n) is 14.1. The Hall–Kier alpha value is -2.24. The Labute approximate surface area is 136 Å². The summed E-state index contributed by atoms with van der Waals surface area (Å²) in [5.41, 5.74) is 1.65. The number of carbonyl (C=O) groups excluding carboxylic acids is 1. The highest BCUT2D eigenvalue weighted by Crippen LogP contribution is 2.36. The van der Waals surface area contributed by atoms with Crippen LogP contribution in [0.2, 0.25) is 0 Å². The predicted molar refractivity (Wildman–Crippen MR) is 89.2 cm³/mol. The van der Waals surface area contributed by atoms with E-state index in [2.05, 4.69) is 6.92 Å². The third kappa shape index (κ3) is 3.57. The van der Waals surface area contributed by atoms with Crippen LogP contribution in [0.25, 0.3) is 0 Å². The third-order valence-corrected chi connectivity index (χ3v) is 4.06. The lowest BCUT2D eigenvalue weighted by molar-refractivity contribution is -0.140. The first-order valence-electron chi connectivity index (χ1n) is 7.91. The molecular formula is C17H24N2O4. The van der Waals surface area contributed by atoms with Gasteiger partial charge < -0.3 is 19.6 Å². The number of nitrogens with zero attached hydrogens (tertiary/aromatic N) is 2. The van der Waals surface area contributed by atoms with Gasteiger partial charge in [-0.2, -0.15) is 0 Å². The number of carbonyl (C=O) groups is 2. The number of aliphatic carboxylic acids is 1. The first-order chi connectivity index (χ1) is 10.8. The van der Waals surface area contributed by atoms with Crippen LogP contribution in [0.5, 0.6) is 5.75 Å². The van der Waals surface area contributed by atoms with E-state index in [1.54, 1.807) is 25.8 Å². The molecule has 0 spiro atoms. The van der Waals surface area contributed by atoms with Gasteiger partial charge in [-0.05, 0) is 25.5 Å². The van der Waals surface area contributed by atoms with Crippen molar-refractivity contribution < 1.29 is 19.4 Å². The van der Waals surface area contributed by atoms with Gasteiger partial charge in [0.05, 0.1) is 11.6 Å². The number of anilines is 2. The largest absolute Gasteiger partial charge is 0.481 e. The number of rotatable bonds is 6. The van der Waals surface area contributed by atoms with E-state index in [1.165, 1.54) is 0 Å². The molecule has 1 aliphatic rings. The van der Waals surface area contributed by atoms with Crippen molar-refractivity contribution in [2.45, 2.75) is 33.3 Å². The SMILES string of the molecule is CCCN(CC(C)C(=O)O)c1ccc2c(c1)OC(C)C(=O)N2C. The molecule has 0 fully saturated rings. The van der Waals surface area contributed by atoms with Gasteiger partial charge in [0.2, 0.25) is 0 Å². The van der Waals surface area contributed by atoms with Gasteiger partial charge in [-0.25, -0.2) is 0 Å². The molecule has 126 valence electrons. The molecule has 0 radical (unpaired) electrons. The maximum atomic E-state index is 12.0. The molecule has 2 rings (SSSR count). The van der Waals surface area contributed by atoms with E-state index in [0.717, 1.165) is 24.3 Å². The van der Waals surface area contributed by atoms with Gasteiger partial charge >= 0.3 is 5.97 Å². The Bertz CT molecular complexity index is 602. The second-order valence-electron chi connectivity index (χ2n) is 5.99. The summed E-state index contributed by atoms with van der Waals surface area (Å²) < 4.78 is 5.70. The topological polar surface area (TPSA) is 70.1 Å². The van der Waals surface area contributed by atoms with Crippen LogP contribution in [-0.2, 0) is 9.59 Å². The molecule has 23 heavy (non-hydrogen) atoms. The first-order valence-corrected chi connectivity index (χ1v) is 7.91. The van der Waals surface area contributed by atoms with Crippen LogP contribution in [0.1, 0.15) is 27.2 Å². The smallest absolute Gasteiger partial charge is 0.308 e. The number of hydrogen-bond donors (Lipinski definition) is 1. The number of amides is 1. The molecule has 2 unspecified atom stereocenters. The second kappa shape index (κ2) is 6.89. The summed E-state index contributed by atoms with van der Waals surface area (Å²) in [6.07, 6.45) is 0.402. The molecule has 6 heteroatoms. The standard InChI is InChI=1S/C17H24N2O4/c1-5-8-19(10-11(2)17(21)22)13-6-7-14-15(9-13)23-12(3)16(20)18(14)4/h6-7,9,11-12H,5,8,10H2,1-4H3,(H,21,22). The fourth-order valence-electron chi connectivity index (χ4n) is 2.71. The Morgan fingerprint density at radius 1 is 1.48 bits per heavy atom. The van der Waals surface area contributed by atoms with Crippen LogP contribution in [0, 0.1) is 5.92 Å². The molecule has 1 aromatic rings. The fraction of sp³-hybridized carbons (Fsp3) is 0.529. The second-order valence-corrected chi connectivity index (χ2v) is 5.99. The Morgan fingerprint density at radius 3 is 2.78 bits per heavy atom. The van der Waals surface area contributed by atoms with E-state index in [1.807, 2.05) is 23.1 Å². The normalized spacial score (nSPS) is 18.2. The van der Waals surface area contributed by atoms with Crippen molar-refractivity contribution in [1.29, 1.82) is 0 Å². The van der Waals surface area contributed by atoms with Gasteiger partial charge in [-0.1, -0.05) is 13.8 Å². The maximum Gasteiger partial charge on any atom is 0.308 e. The Balaban J connectivity index is 2.29. The Morgan fingerprint density at radius 2 is 2.17 bits per heavy atom. The van der Waals surface area contributed by atoms with Crippen molar-refractivity contribution >= 4 is 23.3 Å². The van der Waals surface area contributed by atoms with Crippen LogP contribution in [-0.4, -0.2) is 43.2 Å². The fourth-order valence-corrected chi connectivity index (χ4v) is 2.71. The van der Waals surface area contributed by atoms with Crippen LogP contribution < -0.4 is 14.5 Å². The number of ether oxygens (including phenoxy) is 1. The monoisotopic (exact) mass is 320 g/mol. The number of carboxylic acid groups (broad SMARTS) is 1. The van der Waals surface area contributed by atoms with Crippen LogP contribution in [0.15, 0.2) is 18.2 Å². The molecular weight excluding hydrogens is 296 g/mol. The van der Waals surface area contributed by atoms with Crippen molar-refractivity contribution in [3.8, 4) is 5.75 Å². The van der Waals surface area contributed by atoms with Crippen molar-refractivity contribution in [3.05, 3.63) is 18.2 Å². The highest BCUT2D eigenvalue weighted by molar-refractivity contribution is 5.99. The minimum atomic E-state index is -0.806. The number of hydrogen-bond acceptors (Lipinski definition) is 4. The lowest BCUT2D eigenvalue weighted by atomic mass is 10.1. The highest BCUT2D eigenvalue weighted by Gasteiger charge is 2.29. The minimum absolute atomic E-state index is 0.0739. The van der Waals surface area contributed by atoms with Crippen molar-refractivity contribution in [2.75, 3.05) is 29.9 Å². The Kier molecular flexibility index (Phi) is 5.13. The third-order valence-electron chi connectivity index (χ3n) is 4.06. The molecule has 0 aliphatic carbocycles. The van der Waals surface area contributed by atoms with E-state index in [9.17, 15) is 9.59 Å². The molecule has 1 aliphatic heterocycles. The summed E-state index contributed by atoms with van der Waals surface area (Å²) in [4.78, 5) is 26.7. The highest BCUT2D eigenvalue weighted by atomic mass is 16.5. The minimum Gasteiger partial charge on any atom is -0.481 e. The molecule has 1 N–H and O–H groups in total.